The van der Waals surface area contributed by atoms with Crippen molar-refractivity contribution in [2.75, 3.05) is 0 Å². The zero-order chi connectivity index (χ0) is 14.7. The Morgan fingerprint density at radius 2 is 1.90 bits per heavy atom. The van der Waals surface area contributed by atoms with Crippen LogP contribution in [-0.2, 0) is 7.05 Å². The molecule has 1 N–H and O–H groups in total. The zero-order valence-corrected chi connectivity index (χ0v) is 13.0. The van der Waals surface area contributed by atoms with E-state index >= 15 is 0 Å². The summed E-state index contributed by atoms with van der Waals surface area (Å²) in [6.45, 7) is 2.18. The van der Waals surface area contributed by atoms with E-state index < -0.39 is 0 Å². The average Bonchev–Trinajstić information content (AvgIpc) is 3.17. The minimum atomic E-state index is 0.205. The van der Waals surface area contributed by atoms with Crippen LogP contribution >= 0.6 is 11.3 Å². The maximum absolute atomic E-state index is 4.26. The number of benzene rings is 1. The van der Waals surface area contributed by atoms with Gasteiger partial charge in [-0.3, -0.25) is 10.00 Å². The fourth-order valence-electron chi connectivity index (χ4n) is 2.59. The first-order valence-corrected chi connectivity index (χ1v) is 7.96. The van der Waals surface area contributed by atoms with Crippen molar-refractivity contribution in [1.29, 1.82) is 0 Å². The molecular weight excluding hydrogens is 278 g/mol. The maximum Gasteiger partial charge on any atom is 0.0676 e. The van der Waals surface area contributed by atoms with Gasteiger partial charge in [0.25, 0.3) is 0 Å². The van der Waals surface area contributed by atoms with Gasteiger partial charge in [-0.05, 0) is 30.0 Å². The third kappa shape index (κ3) is 3.06. The maximum atomic E-state index is 4.26. The molecule has 3 rings (SSSR count). The molecule has 21 heavy (non-hydrogen) atoms. The minimum absolute atomic E-state index is 0.205. The van der Waals surface area contributed by atoms with Crippen molar-refractivity contribution in [2.45, 2.75) is 19.0 Å². The molecule has 0 bridgehead atoms. The molecule has 0 aliphatic rings. The molecule has 0 saturated heterocycles. The van der Waals surface area contributed by atoms with Crippen LogP contribution in [0.5, 0.6) is 0 Å². The van der Waals surface area contributed by atoms with Gasteiger partial charge in [-0.1, -0.05) is 36.4 Å². The van der Waals surface area contributed by atoms with E-state index in [0.717, 1.165) is 0 Å². The van der Waals surface area contributed by atoms with E-state index in [0.29, 0.717) is 0 Å². The second kappa shape index (κ2) is 6.24. The van der Waals surface area contributed by atoms with E-state index in [2.05, 4.69) is 71.3 Å². The minimum Gasteiger partial charge on any atom is -0.297 e. The lowest BCUT2D eigenvalue weighted by molar-refractivity contribution is 0.490. The molecule has 108 valence electrons. The summed E-state index contributed by atoms with van der Waals surface area (Å²) in [7, 11) is 1.98. The molecule has 2 aromatic heterocycles. The number of nitrogens with one attached hydrogen (secondary N) is 1. The first kappa shape index (κ1) is 14.0. The van der Waals surface area contributed by atoms with Crippen LogP contribution in [0.4, 0.5) is 0 Å². The van der Waals surface area contributed by atoms with Crippen LogP contribution < -0.4 is 5.32 Å². The van der Waals surface area contributed by atoms with Gasteiger partial charge in [-0.2, -0.15) is 5.10 Å². The van der Waals surface area contributed by atoms with Crippen molar-refractivity contribution in [2.24, 2.45) is 7.05 Å². The molecule has 0 amide bonds. The van der Waals surface area contributed by atoms with Crippen LogP contribution in [0.15, 0.2) is 60.1 Å². The Hall–Kier alpha value is -1.91. The van der Waals surface area contributed by atoms with Crippen molar-refractivity contribution in [3.8, 4) is 0 Å². The van der Waals surface area contributed by atoms with E-state index in [1.54, 1.807) is 11.3 Å². The van der Waals surface area contributed by atoms with Gasteiger partial charge < -0.3 is 0 Å². The Balaban J connectivity index is 1.89. The Labute approximate surface area is 129 Å². The second-order valence-electron chi connectivity index (χ2n) is 5.13. The van der Waals surface area contributed by atoms with Gasteiger partial charge in [0.05, 0.1) is 11.7 Å². The average molecular weight is 297 g/mol. The lowest BCUT2D eigenvalue weighted by Crippen LogP contribution is -2.26. The normalized spacial score (nSPS) is 14.0. The number of nitrogens with zero attached hydrogens (tertiary/aromatic N) is 2. The van der Waals surface area contributed by atoms with E-state index in [4.69, 9.17) is 0 Å². The molecule has 0 aliphatic heterocycles. The van der Waals surface area contributed by atoms with E-state index in [-0.39, 0.29) is 12.1 Å². The molecule has 0 radical (unpaired) electrons. The summed E-state index contributed by atoms with van der Waals surface area (Å²) in [4.78, 5) is 1.33. The van der Waals surface area contributed by atoms with Crippen molar-refractivity contribution in [1.82, 2.24) is 15.1 Å². The molecular formula is C17H19N3S. The van der Waals surface area contributed by atoms with E-state index in [9.17, 15) is 0 Å². The molecule has 0 spiro atoms. The highest BCUT2D eigenvalue weighted by Gasteiger charge is 2.19. The quantitative estimate of drug-likeness (QED) is 0.773. The van der Waals surface area contributed by atoms with Crippen molar-refractivity contribution in [3.05, 3.63) is 76.2 Å². The predicted molar refractivity (Wildman–Crippen MR) is 87.4 cm³/mol. The monoisotopic (exact) mass is 297 g/mol. The molecule has 2 atom stereocenters. The summed E-state index contributed by atoms with van der Waals surface area (Å²) in [5.74, 6) is 0. The smallest absolute Gasteiger partial charge is 0.0676 e. The Morgan fingerprint density at radius 3 is 2.52 bits per heavy atom. The van der Waals surface area contributed by atoms with Gasteiger partial charge in [-0.25, -0.2) is 0 Å². The van der Waals surface area contributed by atoms with Gasteiger partial charge in [0.15, 0.2) is 0 Å². The topological polar surface area (TPSA) is 29.9 Å². The summed E-state index contributed by atoms with van der Waals surface area (Å²) < 4.78 is 1.92. The van der Waals surface area contributed by atoms with Gasteiger partial charge in [0.2, 0.25) is 0 Å². The fraction of sp³-hybridized carbons (Fsp3) is 0.235. The molecule has 2 heterocycles. The fourth-order valence-corrected chi connectivity index (χ4v) is 3.40. The number of aromatic nitrogens is 2. The molecule has 0 aliphatic carbocycles. The highest BCUT2D eigenvalue weighted by Crippen LogP contribution is 2.28. The predicted octanol–water partition coefficient (Wildman–Crippen LogP) is 3.92. The number of thiophene rings is 1. The van der Waals surface area contributed by atoms with Gasteiger partial charge in [-0.15, -0.1) is 11.3 Å². The third-order valence-corrected chi connectivity index (χ3v) is 4.62. The number of hydrogen-bond donors (Lipinski definition) is 1. The Kier molecular flexibility index (Phi) is 4.18. The zero-order valence-electron chi connectivity index (χ0n) is 12.2. The van der Waals surface area contributed by atoms with E-state index in [1.807, 2.05) is 17.9 Å². The second-order valence-corrected chi connectivity index (χ2v) is 6.11. The van der Waals surface area contributed by atoms with Crippen LogP contribution in [-0.4, -0.2) is 9.78 Å². The number of hydrogen-bond acceptors (Lipinski definition) is 3. The van der Waals surface area contributed by atoms with Crippen molar-refractivity contribution in [3.63, 3.8) is 0 Å². The summed E-state index contributed by atoms with van der Waals surface area (Å²) in [5, 5.41) is 10.1. The summed E-state index contributed by atoms with van der Waals surface area (Å²) >= 11 is 1.78. The molecule has 2 unspecified atom stereocenters. The molecule has 0 saturated carbocycles. The summed E-state index contributed by atoms with van der Waals surface area (Å²) in [5.41, 5.74) is 2.47. The molecule has 4 heteroatoms. The lowest BCUT2D eigenvalue weighted by Gasteiger charge is -2.23. The highest BCUT2D eigenvalue weighted by molar-refractivity contribution is 7.10. The third-order valence-electron chi connectivity index (χ3n) is 3.68. The van der Waals surface area contributed by atoms with Crippen molar-refractivity contribution >= 4 is 11.3 Å². The van der Waals surface area contributed by atoms with Crippen LogP contribution in [0.3, 0.4) is 0 Å². The molecule has 0 fully saturated rings. The number of rotatable bonds is 5. The summed E-state index contributed by atoms with van der Waals surface area (Å²) in [6.07, 6.45) is 1.84. The first-order chi connectivity index (χ1) is 10.3. The van der Waals surface area contributed by atoms with Crippen LogP contribution in [0.25, 0.3) is 0 Å². The highest BCUT2D eigenvalue weighted by atomic mass is 32.1. The van der Waals surface area contributed by atoms with Crippen LogP contribution in [0, 0.1) is 0 Å². The SMILES string of the molecule is CC(NC(c1ccccc1)c1cccs1)c1ccnn1C. The van der Waals surface area contributed by atoms with Gasteiger partial charge in [0, 0.05) is 24.2 Å². The largest absolute Gasteiger partial charge is 0.297 e. The van der Waals surface area contributed by atoms with Gasteiger partial charge in [0.1, 0.15) is 0 Å². The Morgan fingerprint density at radius 1 is 1.10 bits per heavy atom. The first-order valence-electron chi connectivity index (χ1n) is 7.08. The number of aryl methyl sites for hydroxylation is 1. The standard InChI is InChI=1S/C17H19N3S/c1-13(15-10-11-18-20(15)2)19-17(16-9-6-12-21-16)14-7-4-3-5-8-14/h3-13,17,19H,1-2H3. The van der Waals surface area contributed by atoms with Crippen LogP contribution in [0.1, 0.15) is 35.1 Å². The molecule has 3 aromatic rings. The lowest BCUT2D eigenvalue weighted by atomic mass is 10.0. The summed E-state index contributed by atoms with van der Waals surface area (Å²) in [6, 6.07) is 17.4. The van der Waals surface area contributed by atoms with Gasteiger partial charge >= 0.3 is 0 Å². The molecule has 1 aromatic carbocycles. The molecule has 3 nitrogen and oxygen atoms in total. The van der Waals surface area contributed by atoms with Crippen LogP contribution in [0.2, 0.25) is 0 Å². The van der Waals surface area contributed by atoms with E-state index in [1.165, 1.54) is 16.1 Å². The van der Waals surface area contributed by atoms with Crippen molar-refractivity contribution < 1.29 is 0 Å². The Bertz CT molecular complexity index is 673.